The number of primary amides is 1. The first kappa shape index (κ1) is 20.8. The lowest BCUT2D eigenvalue weighted by Crippen LogP contribution is -2.14. The van der Waals surface area contributed by atoms with E-state index in [9.17, 15) is 9.59 Å². The van der Waals surface area contributed by atoms with E-state index in [0.717, 1.165) is 11.1 Å². The van der Waals surface area contributed by atoms with Crippen molar-refractivity contribution in [2.75, 3.05) is 0 Å². The number of benzene rings is 3. The molecule has 6 nitrogen and oxygen atoms in total. The molecule has 0 saturated carbocycles. The summed E-state index contributed by atoms with van der Waals surface area (Å²) >= 11 is 5.89. The highest BCUT2D eigenvalue weighted by atomic mass is 35.5. The number of amides is 1. The van der Waals surface area contributed by atoms with Crippen LogP contribution in [0.3, 0.4) is 0 Å². The number of aromatic carboxylic acids is 1. The van der Waals surface area contributed by atoms with Crippen molar-refractivity contribution >= 4 is 23.5 Å². The van der Waals surface area contributed by atoms with Crippen LogP contribution >= 0.6 is 11.6 Å². The SMILES string of the molecule is NC(=O)c1ccccc1-n1cccn1.O=C(O)c1ccc(-c2ccccc2)cc1Cl. The summed E-state index contributed by atoms with van der Waals surface area (Å²) in [7, 11) is 0. The van der Waals surface area contributed by atoms with Crippen molar-refractivity contribution in [3.63, 3.8) is 0 Å². The van der Waals surface area contributed by atoms with E-state index in [4.69, 9.17) is 22.4 Å². The summed E-state index contributed by atoms with van der Waals surface area (Å²) in [5.74, 6) is -1.46. The Morgan fingerprint density at radius 3 is 2.17 bits per heavy atom. The molecule has 0 fully saturated rings. The number of nitrogens with zero attached hydrogens (tertiary/aromatic N) is 2. The molecule has 1 aromatic heterocycles. The minimum Gasteiger partial charge on any atom is -0.478 e. The topological polar surface area (TPSA) is 98.2 Å². The quantitative estimate of drug-likeness (QED) is 0.501. The van der Waals surface area contributed by atoms with Gasteiger partial charge in [0.2, 0.25) is 0 Å². The van der Waals surface area contributed by atoms with Crippen LogP contribution in [0.25, 0.3) is 16.8 Å². The second-order valence-corrected chi connectivity index (χ2v) is 6.61. The van der Waals surface area contributed by atoms with Gasteiger partial charge in [-0.15, -0.1) is 0 Å². The van der Waals surface area contributed by atoms with Gasteiger partial charge in [0, 0.05) is 12.4 Å². The number of carbonyl (C=O) groups is 2. The molecule has 3 aromatic carbocycles. The van der Waals surface area contributed by atoms with Crippen LogP contribution in [-0.2, 0) is 0 Å². The molecule has 3 N–H and O–H groups in total. The summed E-state index contributed by atoms with van der Waals surface area (Å²) in [5.41, 5.74) is 8.46. The largest absolute Gasteiger partial charge is 0.478 e. The molecular formula is C23H18ClN3O3. The number of halogens is 1. The van der Waals surface area contributed by atoms with Crippen LogP contribution in [0, 0.1) is 0 Å². The molecule has 30 heavy (non-hydrogen) atoms. The number of hydrogen-bond acceptors (Lipinski definition) is 3. The molecule has 4 aromatic rings. The number of para-hydroxylation sites is 1. The summed E-state index contributed by atoms with van der Waals surface area (Å²) in [6, 6.07) is 23.5. The van der Waals surface area contributed by atoms with Gasteiger partial charge in [-0.1, -0.05) is 60.1 Å². The first-order chi connectivity index (χ1) is 14.5. The third-order valence-electron chi connectivity index (χ3n) is 4.23. The van der Waals surface area contributed by atoms with Crippen molar-refractivity contribution < 1.29 is 14.7 Å². The highest BCUT2D eigenvalue weighted by Gasteiger charge is 2.09. The molecule has 150 valence electrons. The molecule has 0 atom stereocenters. The van der Waals surface area contributed by atoms with E-state index in [1.807, 2.05) is 36.4 Å². The normalized spacial score (nSPS) is 10.0. The van der Waals surface area contributed by atoms with Crippen molar-refractivity contribution in [2.24, 2.45) is 5.73 Å². The average Bonchev–Trinajstić information content (AvgIpc) is 3.29. The van der Waals surface area contributed by atoms with E-state index in [0.29, 0.717) is 11.3 Å². The molecule has 1 amide bonds. The van der Waals surface area contributed by atoms with Crippen LogP contribution in [-0.4, -0.2) is 26.8 Å². The average molecular weight is 420 g/mol. The lowest BCUT2D eigenvalue weighted by atomic mass is 10.0. The summed E-state index contributed by atoms with van der Waals surface area (Å²) in [6.45, 7) is 0. The fourth-order valence-electron chi connectivity index (χ4n) is 2.79. The van der Waals surface area contributed by atoms with Crippen LogP contribution in [0.4, 0.5) is 0 Å². The number of carboxylic acids is 1. The zero-order valence-corrected chi connectivity index (χ0v) is 16.5. The van der Waals surface area contributed by atoms with Gasteiger partial charge in [-0.3, -0.25) is 4.79 Å². The smallest absolute Gasteiger partial charge is 0.337 e. The van der Waals surface area contributed by atoms with Crippen LogP contribution in [0.15, 0.2) is 91.3 Å². The van der Waals surface area contributed by atoms with Crippen LogP contribution in [0.5, 0.6) is 0 Å². The first-order valence-electron chi connectivity index (χ1n) is 8.94. The van der Waals surface area contributed by atoms with Gasteiger partial charge in [0.15, 0.2) is 0 Å². The van der Waals surface area contributed by atoms with E-state index in [2.05, 4.69) is 5.10 Å². The van der Waals surface area contributed by atoms with Crippen LogP contribution in [0.2, 0.25) is 5.02 Å². The fraction of sp³-hybridized carbons (Fsp3) is 0. The van der Waals surface area contributed by atoms with Gasteiger partial charge in [-0.05, 0) is 41.5 Å². The van der Waals surface area contributed by atoms with Gasteiger partial charge in [0.1, 0.15) is 0 Å². The number of aromatic nitrogens is 2. The van der Waals surface area contributed by atoms with Crippen molar-refractivity contribution in [1.29, 1.82) is 0 Å². The van der Waals surface area contributed by atoms with E-state index >= 15 is 0 Å². The van der Waals surface area contributed by atoms with Crippen LogP contribution < -0.4 is 5.73 Å². The highest BCUT2D eigenvalue weighted by molar-refractivity contribution is 6.33. The van der Waals surface area contributed by atoms with Gasteiger partial charge in [0.25, 0.3) is 5.91 Å². The Kier molecular flexibility index (Phi) is 6.62. The molecule has 0 aliphatic heterocycles. The lowest BCUT2D eigenvalue weighted by molar-refractivity contribution is 0.0697. The maximum absolute atomic E-state index is 11.1. The first-order valence-corrected chi connectivity index (χ1v) is 9.32. The Morgan fingerprint density at radius 1 is 0.867 bits per heavy atom. The molecule has 0 aliphatic rings. The Balaban J connectivity index is 0.000000172. The molecule has 0 saturated heterocycles. The van der Waals surface area contributed by atoms with Gasteiger partial charge < -0.3 is 10.8 Å². The molecular weight excluding hydrogens is 402 g/mol. The Morgan fingerprint density at radius 2 is 1.57 bits per heavy atom. The van der Waals surface area contributed by atoms with E-state index in [-0.39, 0.29) is 10.6 Å². The number of nitrogens with two attached hydrogens (primary N) is 1. The van der Waals surface area contributed by atoms with Crippen molar-refractivity contribution in [3.8, 4) is 16.8 Å². The molecule has 0 unspecified atom stereocenters. The zero-order valence-electron chi connectivity index (χ0n) is 15.8. The summed E-state index contributed by atoms with van der Waals surface area (Å²) in [4.78, 5) is 21.9. The maximum atomic E-state index is 11.1. The molecule has 0 radical (unpaired) electrons. The molecule has 0 aliphatic carbocycles. The van der Waals surface area contributed by atoms with E-state index < -0.39 is 11.9 Å². The Bertz CT molecular complexity index is 1160. The van der Waals surface area contributed by atoms with E-state index in [1.54, 1.807) is 53.5 Å². The number of carboxylic acid groups (broad SMARTS) is 1. The number of carbonyl (C=O) groups excluding carboxylic acids is 1. The van der Waals surface area contributed by atoms with Crippen LogP contribution in [0.1, 0.15) is 20.7 Å². The van der Waals surface area contributed by atoms with Crippen molar-refractivity contribution in [1.82, 2.24) is 9.78 Å². The number of rotatable bonds is 4. The summed E-state index contributed by atoms with van der Waals surface area (Å²) in [6.07, 6.45) is 3.42. The van der Waals surface area contributed by atoms with Crippen molar-refractivity contribution in [2.45, 2.75) is 0 Å². The monoisotopic (exact) mass is 419 g/mol. The summed E-state index contributed by atoms with van der Waals surface area (Å²) < 4.78 is 1.61. The van der Waals surface area contributed by atoms with E-state index in [1.165, 1.54) is 6.07 Å². The number of hydrogen-bond donors (Lipinski definition) is 2. The molecule has 0 spiro atoms. The van der Waals surface area contributed by atoms with Gasteiger partial charge in [-0.2, -0.15) is 5.10 Å². The lowest BCUT2D eigenvalue weighted by Gasteiger charge is -2.05. The Hall–Kier alpha value is -3.90. The summed E-state index contributed by atoms with van der Waals surface area (Å²) in [5, 5.41) is 13.1. The maximum Gasteiger partial charge on any atom is 0.337 e. The molecule has 4 rings (SSSR count). The second-order valence-electron chi connectivity index (χ2n) is 6.20. The minimum atomic E-state index is -1.01. The zero-order chi connectivity index (χ0) is 21.5. The standard InChI is InChI=1S/C13H9ClO2.C10H9N3O/c14-12-8-10(6-7-11(12)13(15)16)9-4-2-1-3-5-9;11-10(14)8-4-1-2-5-9(8)13-7-3-6-12-13/h1-8H,(H,15,16);1-7H,(H2,11,14). The predicted molar refractivity (Wildman–Crippen MR) is 116 cm³/mol. The molecule has 7 heteroatoms. The second kappa shape index (κ2) is 9.54. The van der Waals surface area contributed by atoms with Gasteiger partial charge >= 0.3 is 5.97 Å². The van der Waals surface area contributed by atoms with Crippen molar-refractivity contribution in [3.05, 3.63) is 107 Å². The highest BCUT2D eigenvalue weighted by Crippen LogP contribution is 2.25. The predicted octanol–water partition coefficient (Wildman–Crippen LogP) is 4.68. The fourth-order valence-corrected chi connectivity index (χ4v) is 3.05. The Labute approximate surface area is 178 Å². The molecule has 1 heterocycles. The van der Waals surface area contributed by atoms with Gasteiger partial charge in [0.05, 0.1) is 21.8 Å². The molecule has 0 bridgehead atoms. The third kappa shape index (κ3) is 4.92. The van der Waals surface area contributed by atoms with Gasteiger partial charge in [-0.25, -0.2) is 9.48 Å². The minimum absolute atomic E-state index is 0.126. The third-order valence-corrected chi connectivity index (χ3v) is 4.54.